The second-order valence-corrected chi connectivity index (χ2v) is 19.1. The van der Waals surface area contributed by atoms with E-state index >= 15 is 0 Å². The number of para-hydroxylation sites is 2. The molecule has 0 unspecified atom stereocenters. The quantitative estimate of drug-likeness (QED) is 0.152. The number of hydrogen-bond acceptors (Lipinski definition) is 5. The predicted octanol–water partition coefficient (Wildman–Crippen LogP) is 18.4. The number of hydrogen-bond donors (Lipinski definition) is 0. The lowest BCUT2D eigenvalue weighted by Gasteiger charge is -2.12. The van der Waals surface area contributed by atoms with E-state index in [0.29, 0.717) is 17.5 Å². The fourth-order valence-corrected chi connectivity index (χ4v) is 11.0. The van der Waals surface area contributed by atoms with Gasteiger partial charge in [0.25, 0.3) is 0 Å². The minimum atomic E-state index is 0.530. The molecule has 0 saturated heterocycles. The summed E-state index contributed by atoms with van der Waals surface area (Å²) in [6.07, 6.45) is 0. The summed E-state index contributed by atoms with van der Waals surface area (Å²) >= 11 is 0. The minimum Gasteiger partial charge on any atom is -0.456 e. The molecule has 15 rings (SSSR count). The van der Waals surface area contributed by atoms with Gasteiger partial charge in [-0.05, 0) is 117 Å². The molecule has 6 heteroatoms. The van der Waals surface area contributed by atoms with Crippen LogP contribution in [0.25, 0.3) is 150 Å². The zero-order chi connectivity index (χ0) is 49.4. The Kier molecular flexibility index (Phi) is 9.78. The molecule has 0 aliphatic carbocycles. The van der Waals surface area contributed by atoms with Gasteiger partial charge in [-0.1, -0.05) is 182 Å². The maximum absolute atomic E-state index is 6.73. The van der Waals surface area contributed by atoms with E-state index in [0.717, 1.165) is 111 Å². The molecule has 11 aromatic carbocycles. The van der Waals surface area contributed by atoms with Crippen LogP contribution in [0, 0.1) is 0 Å². The van der Waals surface area contributed by atoms with Gasteiger partial charge in [0.1, 0.15) is 22.3 Å². The third-order valence-corrected chi connectivity index (χ3v) is 14.7. The van der Waals surface area contributed by atoms with E-state index in [-0.39, 0.29) is 0 Å². The maximum atomic E-state index is 6.73. The summed E-state index contributed by atoms with van der Waals surface area (Å²) in [5, 5.41) is 6.57. The molecule has 75 heavy (non-hydrogen) atoms. The Morgan fingerprint density at radius 3 is 1.48 bits per heavy atom. The van der Waals surface area contributed by atoms with Gasteiger partial charge < -0.3 is 13.4 Å². The van der Waals surface area contributed by atoms with Gasteiger partial charge in [0.05, 0.1) is 16.6 Å². The lowest BCUT2D eigenvalue weighted by molar-refractivity contribution is 0.668. The molecule has 15 aromatic rings. The highest BCUT2D eigenvalue weighted by atomic mass is 16.3. The Bertz CT molecular complexity index is 4690. The van der Waals surface area contributed by atoms with E-state index in [1.165, 1.54) is 21.9 Å². The summed E-state index contributed by atoms with van der Waals surface area (Å²) in [7, 11) is 0. The smallest absolute Gasteiger partial charge is 0.167 e. The molecule has 4 aromatic heterocycles. The van der Waals surface area contributed by atoms with Crippen molar-refractivity contribution >= 4 is 65.7 Å². The topological polar surface area (TPSA) is 69.9 Å². The third kappa shape index (κ3) is 7.30. The van der Waals surface area contributed by atoms with Crippen LogP contribution in [0.3, 0.4) is 0 Å². The molecule has 0 aliphatic heterocycles. The van der Waals surface area contributed by atoms with E-state index < -0.39 is 0 Å². The molecule has 0 fully saturated rings. The average Bonchev–Trinajstić information content (AvgIpc) is 4.17. The number of nitrogens with zero attached hydrogens (tertiary/aromatic N) is 4. The van der Waals surface area contributed by atoms with Crippen molar-refractivity contribution in [1.29, 1.82) is 0 Å². The largest absolute Gasteiger partial charge is 0.456 e. The number of rotatable bonds is 8. The molecule has 0 amide bonds. The molecule has 350 valence electrons. The van der Waals surface area contributed by atoms with Crippen LogP contribution in [0.5, 0.6) is 0 Å². The highest BCUT2D eigenvalue weighted by Gasteiger charge is 2.21. The number of fused-ring (bicyclic) bond motifs is 9. The van der Waals surface area contributed by atoms with Gasteiger partial charge in [0, 0.05) is 49.1 Å². The van der Waals surface area contributed by atoms with Crippen LogP contribution < -0.4 is 0 Å². The highest BCUT2D eigenvalue weighted by molar-refractivity contribution is 6.13. The Labute approximate surface area is 431 Å². The number of aromatic nitrogens is 4. The van der Waals surface area contributed by atoms with Gasteiger partial charge in [-0.2, -0.15) is 0 Å². The van der Waals surface area contributed by atoms with E-state index in [9.17, 15) is 0 Å². The molecule has 0 aliphatic rings. The van der Waals surface area contributed by atoms with Crippen molar-refractivity contribution in [3.63, 3.8) is 0 Å². The fourth-order valence-electron chi connectivity index (χ4n) is 11.0. The summed E-state index contributed by atoms with van der Waals surface area (Å²) in [5.41, 5.74) is 18.1. The Hall–Kier alpha value is -10.2. The predicted molar refractivity (Wildman–Crippen MR) is 307 cm³/mol. The van der Waals surface area contributed by atoms with E-state index in [4.69, 9.17) is 23.8 Å². The molecule has 0 spiro atoms. The van der Waals surface area contributed by atoms with Crippen molar-refractivity contribution in [2.24, 2.45) is 0 Å². The third-order valence-electron chi connectivity index (χ3n) is 14.7. The first-order valence-electron chi connectivity index (χ1n) is 25.2. The zero-order valence-corrected chi connectivity index (χ0v) is 40.4. The van der Waals surface area contributed by atoms with Crippen molar-refractivity contribution in [3.05, 3.63) is 255 Å². The molecule has 0 saturated carbocycles. The van der Waals surface area contributed by atoms with E-state index in [2.05, 4.69) is 211 Å². The number of benzene rings is 11. The minimum absolute atomic E-state index is 0.530. The number of furan rings is 2. The fraction of sp³-hybridized carbons (Fsp3) is 0. The van der Waals surface area contributed by atoms with E-state index in [1.807, 2.05) is 48.5 Å². The van der Waals surface area contributed by atoms with Gasteiger partial charge in [0.2, 0.25) is 0 Å². The van der Waals surface area contributed by atoms with Crippen LogP contribution in [-0.4, -0.2) is 19.5 Å². The van der Waals surface area contributed by atoms with Crippen molar-refractivity contribution in [2.45, 2.75) is 0 Å². The Morgan fingerprint density at radius 1 is 0.253 bits per heavy atom. The lowest BCUT2D eigenvalue weighted by Crippen LogP contribution is -2.00. The summed E-state index contributed by atoms with van der Waals surface area (Å²) in [5.74, 6) is 1.70. The molecule has 0 N–H and O–H groups in total. The first-order valence-corrected chi connectivity index (χ1v) is 25.2. The standard InChI is InChI=1S/C69H42N4O2/c1-4-15-43(16-5-1)45-27-29-47(30-28-45)68-70-67(46-19-8-3-9-20-46)71-69(72-68)60-41-52(40-59-55-24-11-13-26-63(55)75-66(59)60)49-22-14-21-48(37-49)51-32-35-64-57(39-51)58-42-53(33-36-65(58)74-64)73-61-25-12-10-23-54(61)56-38-50(31-34-62(56)73)44-17-6-2-7-18-44/h1-42H. The summed E-state index contributed by atoms with van der Waals surface area (Å²) < 4.78 is 15.6. The molecule has 6 nitrogen and oxygen atoms in total. The first-order chi connectivity index (χ1) is 37.1. The van der Waals surface area contributed by atoms with Crippen LogP contribution in [0.4, 0.5) is 0 Å². The van der Waals surface area contributed by atoms with Gasteiger partial charge in [-0.15, -0.1) is 0 Å². The van der Waals surface area contributed by atoms with Gasteiger partial charge >= 0.3 is 0 Å². The van der Waals surface area contributed by atoms with Crippen LogP contribution in [0.1, 0.15) is 0 Å². The molecular weight excluding hydrogens is 917 g/mol. The Morgan fingerprint density at radius 2 is 0.720 bits per heavy atom. The average molecular weight is 959 g/mol. The van der Waals surface area contributed by atoms with Crippen LogP contribution in [0.2, 0.25) is 0 Å². The maximum Gasteiger partial charge on any atom is 0.167 e. The SMILES string of the molecule is c1ccc(-c2ccc(-c3nc(-c4ccccc4)nc(-c4cc(-c5cccc(-c6ccc7oc8ccc(-n9c%10ccccc%10c%10cc(-c%11ccccc%11)ccc%109)cc8c7c6)c5)cc5c4oc4ccccc45)n3)cc2)cc1. The van der Waals surface area contributed by atoms with Crippen LogP contribution >= 0.6 is 0 Å². The summed E-state index contributed by atoms with van der Waals surface area (Å²) in [6.45, 7) is 0. The molecule has 0 atom stereocenters. The van der Waals surface area contributed by atoms with Crippen LogP contribution in [0.15, 0.2) is 264 Å². The molecule has 0 radical (unpaired) electrons. The van der Waals surface area contributed by atoms with Crippen LogP contribution in [-0.2, 0) is 0 Å². The Balaban J connectivity index is 0.847. The summed E-state index contributed by atoms with van der Waals surface area (Å²) in [6, 6.07) is 89.4. The second-order valence-electron chi connectivity index (χ2n) is 19.1. The van der Waals surface area contributed by atoms with Gasteiger partial charge in [-0.3, -0.25) is 0 Å². The molecule has 4 heterocycles. The van der Waals surface area contributed by atoms with Crippen molar-refractivity contribution in [3.8, 4) is 84.4 Å². The molecule has 0 bridgehead atoms. The lowest BCUT2D eigenvalue weighted by atomic mass is 9.95. The highest BCUT2D eigenvalue weighted by Crippen LogP contribution is 2.42. The van der Waals surface area contributed by atoms with Crippen molar-refractivity contribution in [2.75, 3.05) is 0 Å². The molecular formula is C69H42N4O2. The summed E-state index contributed by atoms with van der Waals surface area (Å²) in [4.78, 5) is 15.5. The van der Waals surface area contributed by atoms with Gasteiger partial charge in [-0.25, -0.2) is 15.0 Å². The second kappa shape index (κ2) is 17.3. The van der Waals surface area contributed by atoms with Gasteiger partial charge in [0.15, 0.2) is 17.5 Å². The normalized spacial score (nSPS) is 11.7. The van der Waals surface area contributed by atoms with E-state index in [1.54, 1.807) is 0 Å². The monoisotopic (exact) mass is 958 g/mol. The first kappa shape index (κ1) is 42.5. The van der Waals surface area contributed by atoms with Crippen molar-refractivity contribution in [1.82, 2.24) is 19.5 Å². The van der Waals surface area contributed by atoms with Crippen molar-refractivity contribution < 1.29 is 8.83 Å². The zero-order valence-electron chi connectivity index (χ0n) is 40.4.